The van der Waals surface area contributed by atoms with Gasteiger partial charge in [-0.25, -0.2) is 4.68 Å². The van der Waals surface area contributed by atoms with Gasteiger partial charge in [0.25, 0.3) is 0 Å². The first-order valence-electron chi connectivity index (χ1n) is 8.97. The van der Waals surface area contributed by atoms with E-state index in [-0.39, 0.29) is 22.2 Å². The number of phenolic OH excluding ortho intramolecular Hbond substituents is 1. The number of nitrogens with zero attached hydrogens (tertiary/aromatic N) is 2. The smallest absolute Gasteiger partial charge is 0.238 e. The highest BCUT2D eigenvalue weighted by Crippen LogP contribution is 2.46. The summed E-state index contributed by atoms with van der Waals surface area (Å²) in [6, 6.07) is 14.7. The lowest BCUT2D eigenvalue weighted by molar-refractivity contribution is -0.115. The molecule has 144 valence electrons. The number of aryl methyl sites for hydroxylation is 1. The van der Waals surface area contributed by atoms with Crippen LogP contribution in [0.4, 0.5) is 5.82 Å². The number of amides is 1. The molecule has 2 aromatic carbocycles. The molecule has 0 aliphatic carbocycles. The van der Waals surface area contributed by atoms with Crippen molar-refractivity contribution in [2.24, 2.45) is 0 Å². The van der Waals surface area contributed by atoms with Gasteiger partial charge in [-0.1, -0.05) is 12.1 Å². The number of nitrogens with one attached hydrogen (secondary N) is 1. The quantitative estimate of drug-likeness (QED) is 0.699. The number of methoxy groups -OCH3 is 1. The summed E-state index contributed by atoms with van der Waals surface area (Å²) in [4.78, 5) is 12.7. The molecule has 4 rings (SSSR count). The van der Waals surface area contributed by atoms with E-state index in [1.165, 1.54) is 0 Å². The maximum absolute atomic E-state index is 12.7. The van der Waals surface area contributed by atoms with E-state index in [1.54, 1.807) is 35.7 Å². The number of benzene rings is 2. The van der Waals surface area contributed by atoms with Crippen molar-refractivity contribution in [1.29, 1.82) is 0 Å². The molecule has 2 unspecified atom stereocenters. The second kappa shape index (κ2) is 7.24. The van der Waals surface area contributed by atoms with Crippen LogP contribution in [0, 0.1) is 6.92 Å². The summed E-state index contributed by atoms with van der Waals surface area (Å²) in [7, 11) is 1.62. The second-order valence-electron chi connectivity index (χ2n) is 6.70. The zero-order valence-electron chi connectivity index (χ0n) is 15.8. The summed E-state index contributed by atoms with van der Waals surface area (Å²) < 4.78 is 6.99. The van der Waals surface area contributed by atoms with Crippen LogP contribution < -0.4 is 10.1 Å². The Morgan fingerprint density at radius 1 is 1.21 bits per heavy atom. The predicted molar refractivity (Wildman–Crippen MR) is 110 cm³/mol. The van der Waals surface area contributed by atoms with Crippen molar-refractivity contribution in [3.63, 3.8) is 0 Å². The van der Waals surface area contributed by atoms with Crippen molar-refractivity contribution in [1.82, 2.24) is 9.78 Å². The fraction of sp³-hybridized carbons (Fsp3) is 0.238. The van der Waals surface area contributed by atoms with Crippen LogP contribution in [0.25, 0.3) is 5.69 Å². The highest BCUT2D eigenvalue weighted by molar-refractivity contribution is 8.01. The average molecular weight is 395 g/mol. The van der Waals surface area contributed by atoms with Gasteiger partial charge in [0.2, 0.25) is 5.91 Å². The lowest BCUT2D eigenvalue weighted by Gasteiger charge is -2.17. The summed E-state index contributed by atoms with van der Waals surface area (Å²) in [6.07, 6.45) is 0. The molecule has 0 spiro atoms. The Labute approximate surface area is 167 Å². The molecule has 1 amide bonds. The number of aromatic nitrogens is 2. The number of fused-ring (bicyclic) bond motifs is 1. The summed E-state index contributed by atoms with van der Waals surface area (Å²) in [5, 5.41) is 17.3. The van der Waals surface area contributed by atoms with E-state index >= 15 is 0 Å². The molecule has 2 N–H and O–H groups in total. The van der Waals surface area contributed by atoms with E-state index in [4.69, 9.17) is 9.84 Å². The first kappa shape index (κ1) is 18.4. The van der Waals surface area contributed by atoms with Gasteiger partial charge < -0.3 is 15.2 Å². The second-order valence-corrected chi connectivity index (χ2v) is 8.15. The maximum Gasteiger partial charge on any atom is 0.238 e. The number of aromatic hydroxyl groups is 1. The van der Waals surface area contributed by atoms with Gasteiger partial charge in [-0.2, -0.15) is 5.10 Å². The molecule has 0 saturated heterocycles. The number of rotatable bonds is 3. The van der Waals surface area contributed by atoms with Crippen molar-refractivity contribution < 1.29 is 14.6 Å². The maximum atomic E-state index is 12.7. The number of phenols is 1. The SMILES string of the molecule is COc1ccc(-n2nc(C)c3c2NC(=O)C(C)SC3c2cccc(O)c2)cc1. The molecule has 1 aromatic heterocycles. The van der Waals surface area contributed by atoms with Crippen LogP contribution in [0.1, 0.15) is 29.0 Å². The number of ether oxygens (including phenoxy) is 1. The van der Waals surface area contributed by atoms with E-state index in [0.29, 0.717) is 5.82 Å². The minimum atomic E-state index is -0.247. The van der Waals surface area contributed by atoms with Gasteiger partial charge in [-0.05, 0) is 55.8 Å². The van der Waals surface area contributed by atoms with E-state index in [0.717, 1.165) is 28.3 Å². The van der Waals surface area contributed by atoms with E-state index < -0.39 is 0 Å². The number of anilines is 1. The molecule has 6 nitrogen and oxygen atoms in total. The molecule has 2 atom stereocenters. The monoisotopic (exact) mass is 395 g/mol. The highest BCUT2D eigenvalue weighted by Gasteiger charge is 2.34. The molecular weight excluding hydrogens is 374 g/mol. The van der Waals surface area contributed by atoms with Gasteiger partial charge >= 0.3 is 0 Å². The molecule has 1 aliphatic heterocycles. The topological polar surface area (TPSA) is 76.4 Å². The molecule has 0 bridgehead atoms. The third-order valence-corrected chi connectivity index (χ3v) is 6.21. The summed E-state index contributed by atoms with van der Waals surface area (Å²) in [5.41, 5.74) is 3.55. The number of hydrogen-bond acceptors (Lipinski definition) is 5. The molecule has 1 aliphatic rings. The van der Waals surface area contributed by atoms with E-state index in [2.05, 4.69) is 5.32 Å². The van der Waals surface area contributed by atoms with Gasteiger partial charge in [0, 0.05) is 5.56 Å². The fourth-order valence-electron chi connectivity index (χ4n) is 3.37. The first-order chi connectivity index (χ1) is 13.5. The zero-order valence-corrected chi connectivity index (χ0v) is 16.7. The lowest BCUT2D eigenvalue weighted by Crippen LogP contribution is -2.22. The summed E-state index contributed by atoms with van der Waals surface area (Å²) >= 11 is 1.55. The molecular formula is C21H21N3O3S. The van der Waals surface area contributed by atoms with Gasteiger partial charge in [0.15, 0.2) is 0 Å². The van der Waals surface area contributed by atoms with Crippen LogP contribution in [0.5, 0.6) is 11.5 Å². The van der Waals surface area contributed by atoms with Gasteiger partial charge in [-0.15, -0.1) is 11.8 Å². The van der Waals surface area contributed by atoms with Crippen LogP contribution in [-0.4, -0.2) is 33.2 Å². The Morgan fingerprint density at radius 2 is 1.96 bits per heavy atom. The van der Waals surface area contributed by atoms with Crippen LogP contribution in [0.15, 0.2) is 48.5 Å². The third kappa shape index (κ3) is 3.22. The highest BCUT2D eigenvalue weighted by atomic mass is 32.2. The Hall–Kier alpha value is -2.93. The van der Waals surface area contributed by atoms with Crippen molar-refractivity contribution in [2.45, 2.75) is 24.3 Å². The summed E-state index contributed by atoms with van der Waals surface area (Å²) in [5.74, 6) is 1.56. The zero-order chi connectivity index (χ0) is 19.8. The van der Waals surface area contributed by atoms with Crippen molar-refractivity contribution in [2.75, 3.05) is 12.4 Å². The van der Waals surface area contributed by atoms with Crippen LogP contribution in [0.2, 0.25) is 0 Å². The molecule has 28 heavy (non-hydrogen) atoms. The Kier molecular flexibility index (Phi) is 4.77. The van der Waals surface area contributed by atoms with Crippen LogP contribution in [-0.2, 0) is 4.79 Å². The fourth-order valence-corrected chi connectivity index (χ4v) is 4.68. The number of hydrogen-bond donors (Lipinski definition) is 2. The molecule has 0 saturated carbocycles. The van der Waals surface area contributed by atoms with Crippen molar-refractivity contribution in [3.05, 3.63) is 65.4 Å². The Bertz CT molecular complexity index is 1030. The number of carbonyl (C=O) groups excluding carboxylic acids is 1. The predicted octanol–water partition coefficient (Wildman–Crippen LogP) is 4.06. The Morgan fingerprint density at radius 3 is 2.64 bits per heavy atom. The van der Waals surface area contributed by atoms with Gasteiger partial charge in [0.1, 0.15) is 17.3 Å². The first-order valence-corrected chi connectivity index (χ1v) is 9.91. The molecule has 2 heterocycles. The van der Waals surface area contributed by atoms with Crippen LogP contribution >= 0.6 is 11.8 Å². The molecule has 0 fully saturated rings. The molecule has 7 heteroatoms. The van der Waals surface area contributed by atoms with Gasteiger partial charge in [-0.3, -0.25) is 4.79 Å². The van der Waals surface area contributed by atoms with Crippen LogP contribution in [0.3, 0.4) is 0 Å². The van der Waals surface area contributed by atoms with Crippen molar-refractivity contribution in [3.8, 4) is 17.2 Å². The standard InChI is InChI=1S/C21H21N3O3S/c1-12-18-19(14-5-4-6-16(25)11-14)28-13(2)21(26)22-20(18)24(23-12)15-7-9-17(27-3)10-8-15/h4-11,13,19,25H,1-3H3,(H,22,26). The van der Waals surface area contributed by atoms with Crippen molar-refractivity contribution >= 4 is 23.5 Å². The average Bonchev–Trinajstić information content (AvgIpc) is 2.94. The van der Waals surface area contributed by atoms with Gasteiger partial charge in [0.05, 0.1) is 29.0 Å². The minimum absolute atomic E-state index is 0.0661. The lowest BCUT2D eigenvalue weighted by atomic mass is 10.0. The third-order valence-electron chi connectivity index (χ3n) is 4.81. The molecule has 0 radical (unpaired) electrons. The van der Waals surface area contributed by atoms with E-state index in [1.807, 2.05) is 50.2 Å². The Balaban J connectivity index is 1.88. The largest absolute Gasteiger partial charge is 0.508 e. The normalized spacial score (nSPS) is 18.9. The van der Waals surface area contributed by atoms with E-state index in [9.17, 15) is 9.90 Å². The summed E-state index contributed by atoms with van der Waals surface area (Å²) in [6.45, 7) is 3.83. The minimum Gasteiger partial charge on any atom is -0.508 e. The number of thioether (sulfide) groups is 1. The molecule has 3 aromatic rings. The number of carbonyl (C=O) groups is 1.